The highest BCUT2D eigenvalue weighted by atomic mass is 32.1. The summed E-state index contributed by atoms with van der Waals surface area (Å²) >= 11 is 1.36. The number of rotatable bonds is 4. The summed E-state index contributed by atoms with van der Waals surface area (Å²) in [5.74, 6) is 0.436. The normalized spacial score (nSPS) is 11.6. The molecule has 0 aromatic carbocycles. The van der Waals surface area contributed by atoms with E-state index in [2.05, 4.69) is 4.98 Å². The highest BCUT2D eigenvalue weighted by Crippen LogP contribution is 2.24. The Hall–Kier alpha value is -1.66. The van der Waals surface area contributed by atoms with Crippen LogP contribution in [0.15, 0.2) is 28.2 Å². The molecule has 2 aromatic rings. The monoisotopic (exact) mass is 280 g/mol. The SMILES string of the molecule is CN(CC(C)(C)O)C(=O)c1csc(-c2ccco2)n1. The molecule has 0 spiro atoms. The minimum Gasteiger partial charge on any atom is -0.462 e. The molecule has 2 heterocycles. The van der Waals surface area contributed by atoms with Crippen LogP contribution in [-0.4, -0.2) is 40.1 Å². The third kappa shape index (κ3) is 3.42. The van der Waals surface area contributed by atoms with Gasteiger partial charge in [-0.15, -0.1) is 11.3 Å². The molecule has 0 radical (unpaired) electrons. The Bertz CT molecular complexity index is 555. The Morgan fingerprint density at radius 3 is 2.89 bits per heavy atom. The van der Waals surface area contributed by atoms with Crippen LogP contribution < -0.4 is 0 Å². The summed E-state index contributed by atoms with van der Waals surface area (Å²) in [5.41, 5.74) is -0.562. The van der Waals surface area contributed by atoms with Gasteiger partial charge in [-0.25, -0.2) is 4.98 Å². The number of hydrogen-bond donors (Lipinski definition) is 1. The summed E-state index contributed by atoms with van der Waals surface area (Å²) in [7, 11) is 1.65. The van der Waals surface area contributed by atoms with Gasteiger partial charge in [-0.1, -0.05) is 0 Å². The molecule has 19 heavy (non-hydrogen) atoms. The van der Waals surface area contributed by atoms with E-state index in [9.17, 15) is 9.90 Å². The van der Waals surface area contributed by atoms with Crippen molar-refractivity contribution in [3.05, 3.63) is 29.5 Å². The van der Waals surface area contributed by atoms with Crippen molar-refractivity contribution >= 4 is 17.2 Å². The van der Waals surface area contributed by atoms with Gasteiger partial charge in [-0.2, -0.15) is 0 Å². The van der Waals surface area contributed by atoms with E-state index in [4.69, 9.17) is 4.42 Å². The third-order valence-corrected chi connectivity index (χ3v) is 3.28. The van der Waals surface area contributed by atoms with Gasteiger partial charge in [0.05, 0.1) is 11.9 Å². The van der Waals surface area contributed by atoms with Crippen molar-refractivity contribution in [2.24, 2.45) is 0 Å². The van der Waals surface area contributed by atoms with Crippen LogP contribution in [0, 0.1) is 0 Å². The average molecular weight is 280 g/mol. The molecule has 0 aliphatic heterocycles. The average Bonchev–Trinajstić information content (AvgIpc) is 2.96. The third-order valence-electron chi connectivity index (χ3n) is 2.43. The summed E-state index contributed by atoms with van der Waals surface area (Å²) in [6.45, 7) is 3.57. The molecule has 0 bridgehead atoms. The topological polar surface area (TPSA) is 66.6 Å². The zero-order valence-electron chi connectivity index (χ0n) is 11.1. The molecule has 0 saturated heterocycles. The highest BCUT2D eigenvalue weighted by molar-refractivity contribution is 7.13. The highest BCUT2D eigenvalue weighted by Gasteiger charge is 2.22. The lowest BCUT2D eigenvalue weighted by Crippen LogP contribution is -2.39. The van der Waals surface area contributed by atoms with Gasteiger partial charge in [-0.05, 0) is 26.0 Å². The molecule has 0 saturated carbocycles. The molecule has 2 aromatic heterocycles. The number of aromatic nitrogens is 1. The zero-order valence-corrected chi connectivity index (χ0v) is 11.9. The Labute approximate surface area is 115 Å². The number of carbonyl (C=O) groups excluding carboxylic acids is 1. The second kappa shape index (κ2) is 5.14. The van der Waals surface area contributed by atoms with Crippen molar-refractivity contribution in [2.75, 3.05) is 13.6 Å². The molecule has 0 unspecified atom stereocenters. The first kappa shape index (κ1) is 13.8. The number of likely N-dealkylation sites (N-methyl/N-ethyl adjacent to an activating group) is 1. The molecule has 102 valence electrons. The van der Waals surface area contributed by atoms with Crippen LogP contribution in [0.5, 0.6) is 0 Å². The van der Waals surface area contributed by atoms with E-state index in [0.29, 0.717) is 16.5 Å². The van der Waals surface area contributed by atoms with Crippen LogP contribution >= 0.6 is 11.3 Å². The molecule has 6 heteroatoms. The molecular weight excluding hydrogens is 264 g/mol. The van der Waals surface area contributed by atoms with Gasteiger partial charge in [0.25, 0.3) is 5.91 Å². The van der Waals surface area contributed by atoms with Gasteiger partial charge in [-0.3, -0.25) is 4.79 Å². The van der Waals surface area contributed by atoms with Crippen LogP contribution in [0.2, 0.25) is 0 Å². The molecule has 0 aliphatic carbocycles. The minimum absolute atomic E-state index is 0.212. The minimum atomic E-state index is -0.926. The van der Waals surface area contributed by atoms with Gasteiger partial charge < -0.3 is 14.4 Å². The van der Waals surface area contributed by atoms with E-state index in [0.717, 1.165) is 0 Å². The molecule has 0 aliphatic rings. The van der Waals surface area contributed by atoms with E-state index < -0.39 is 5.60 Å². The number of hydrogen-bond acceptors (Lipinski definition) is 5. The molecule has 1 amide bonds. The van der Waals surface area contributed by atoms with Crippen LogP contribution in [0.4, 0.5) is 0 Å². The number of carbonyl (C=O) groups is 1. The van der Waals surface area contributed by atoms with E-state index in [-0.39, 0.29) is 12.5 Å². The van der Waals surface area contributed by atoms with Crippen molar-refractivity contribution in [1.82, 2.24) is 9.88 Å². The number of nitrogens with zero attached hydrogens (tertiary/aromatic N) is 2. The number of aliphatic hydroxyl groups is 1. The van der Waals surface area contributed by atoms with Gasteiger partial charge >= 0.3 is 0 Å². The number of thiazole rings is 1. The van der Waals surface area contributed by atoms with Gasteiger partial charge in [0, 0.05) is 19.0 Å². The predicted octanol–water partition coefficient (Wildman–Crippen LogP) is 2.25. The fourth-order valence-corrected chi connectivity index (χ4v) is 2.49. The van der Waals surface area contributed by atoms with Crippen molar-refractivity contribution < 1.29 is 14.3 Å². The van der Waals surface area contributed by atoms with Crippen LogP contribution in [0.3, 0.4) is 0 Å². The standard InChI is InChI=1S/C13H16N2O3S/c1-13(2,17)8-15(3)12(16)9-7-19-11(14-9)10-5-4-6-18-10/h4-7,17H,8H2,1-3H3. The summed E-state index contributed by atoms with van der Waals surface area (Å²) in [5, 5.41) is 12.1. The maximum Gasteiger partial charge on any atom is 0.273 e. The fourth-order valence-electron chi connectivity index (χ4n) is 1.73. The van der Waals surface area contributed by atoms with Crippen molar-refractivity contribution in [1.29, 1.82) is 0 Å². The lowest BCUT2D eigenvalue weighted by atomic mass is 10.1. The van der Waals surface area contributed by atoms with Crippen LogP contribution in [-0.2, 0) is 0 Å². The van der Waals surface area contributed by atoms with E-state index in [1.54, 1.807) is 44.7 Å². The Kier molecular flexibility index (Phi) is 3.73. The van der Waals surface area contributed by atoms with Crippen LogP contribution in [0.25, 0.3) is 10.8 Å². The lowest BCUT2D eigenvalue weighted by Gasteiger charge is -2.24. The maximum atomic E-state index is 12.1. The summed E-state index contributed by atoms with van der Waals surface area (Å²) in [6, 6.07) is 3.58. The van der Waals surface area contributed by atoms with E-state index in [1.165, 1.54) is 16.2 Å². The molecule has 2 rings (SSSR count). The zero-order chi connectivity index (χ0) is 14.0. The summed E-state index contributed by atoms with van der Waals surface area (Å²) < 4.78 is 5.24. The molecule has 1 N–H and O–H groups in total. The second-order valence-corrected chi connectivity index (χ2v) is 5.85. The van der Waals surface area contributed by atoms with E-state index in [1.807, 2.05) is 0 Å². The van der Waals surface area contributed by atoms with Gasteiger partial charge in [0.2, 0.25) is 0 Å². The first-order valence-electron chi connectivity index (χ1n) is 5.84. The van der Waals surface area contributed by atoms with Gasteiger partial charge in [0.1, 0.15) is 5.69 Å². The summed E-state index contributed by atoms with van der Waals surface area (Å²) in [6.07, 6.45) is 1.57. The lowest BCUT2D eigenvalue weighted by molar-refractivity contribution is 0.0365. The van der Waals surface area contributed by atoms with Gasteiger partial charge in [0.15, 0.2) is 10.8 Å². The first-order valence-corrected chi connectivity index (χ1v) is 6.72. The van der Waals surface area contributed by atoms with Crippen molar-refractivity contribution in [2.45, 2.75) is 19.4 Å². The number of amides is 1. The smallest absolute Gasteiger partial charge is 0.273 e. The Morgan fingerprint density at radius 1 is 1.58 bits per heavy atom. The number of furan rings is 1. The first-order chi connectivity index (χ1) is 8.87. The van der Waals surface area contributed by atoms with Crippen LogP contribution in [0.1, 0.15) is 24.3 Å². The van der Waals surface area contributed by atoms with Crippen molar-refractivity contribution in [3.8, 4) is 10.8 Å². The van der Waals surface area contributed by atoms with E-state index >= 15 is 0 Å². The maximum absolute atomic E-state index is 12.1. The summed E-state index contributed by atoms with van der Waals surface area (Å²) in [4.78, 5) is 17.8. The molecule has 5 nitrogen and oxygen atoms in total. The van der Waals surface area contributed by atoms with Crippen molar-refractivity contribution in [3.63, 3.8) is 0 Å². The molecular formula is C13H16N2O3S. The molecule has 0 atom stereocenters. The Morgan fingerprint density at radius 2 is 2.32 bits per heavy atom. The Balaban J connectivity index is 2.12. The molecule has 0 fully saturated rings. The second-order valence-electron chi connectivity index (χ2n) is 4.99. The predicted molar refractivity (Wildman–Crippen MR) is 73.1 cm³/mol. The largest absolute Gasteiger partial charge is 0.462 e. The fraction of sp³-hybridized carbons (Fsp3) is 0.385. The quantitative estimate of drug-likeness (QED) is 0.932.